The van der Waals surface area contributed by atoms with Gasteiger partial charge in [0.05, 0.1) is 10.7 Å². The summed E-state index contributed by atoms with van der Waals surface area (Å²) in [4.78, 5) is 41.6. The summed E-state index contributed by atoms with van der Waals surface area (Å²) in [6.45, 7) is 13.3. The zero-order chi connectivity index (χ0) is 29.9. The first kappa shape index (κ1) is 33.1. The molecule has 220 valence electrons. The lowest BCUT2D eigenvalue weighted by Crippen LogP contribution is -2.47. The van der Waals surface area contributed by atoms with Crippen LogP contribution in [0.1, 0.15) is 94.5 Å². The van der Waals surface area contributed by atoms with E-state index in [2.05, 4.69) is 17.6 Å². The minimum Gasteiger partial charge on any atom is -0.444 e. The van der Waals surface area contributed by atoms with E-state index in [9.17, 15) is 14.4 Å². The Hall–Kier alpha value is -3.06. The van der Waals surface area contributed by atoms with Gasteiger partial charge in [-0.2, -0.15) is 0 Å². The maximum absolute atomic E-state index is 14.0. The molecular formula is C32H46ClN3O4. The molecule has 1 atom stereocenters. The number of rotatable bonds is 13. The van der Waals surface area contributed by atoms with E-state index in [1.807, 2.05) is 51.1 Å². The van der Waals surface area contributed by atoms with Gasteiger partial charge in [0.2, 0.25) is 5.91 Å². The largest absolute Gasteiger partial charge is 0.444 e. The van der Waals surface area contributed by atoms with Crippen molar-refractivity contribution in [1.29, 1.82) is 0 Å². The molecule has 0 bridgehead atoms. The van der Waals surface area contributed by atoms with Crippen molar-refractivity contribution in [2.75, 3.05) is 18.4 Å². The molecule has 0 fully saturated rings. The van der Waals surface area contributed by atoms with E-state index >= 15 is 0 Å². The van der Waals surface area contributed by atoms with E-state index < -0.39 is 17.7 Å². The van der Waals surface area contributed by atoms with Crippen LogP contribution in [0.2, 0.25) is 5.02 Å². The van der Waals surface area contributed by atoms with Gasteiger partial charge in [-0.3, -0.25) is 9.59 Å². The number of nitrogens with zero attached hydrogens (tertiary/aromatic N) is 1. The van der Waals surface area contributed by atoms with Gasteiger partial charge in [0, 0.05) is 6.54 Å². The summed E-state index contributed by atoms with van der Waals surface area (Å²) in [5.41, 5.74) is 3.33. The molecule has 3 amide bonds. The molecule has 2 rings (SSSR count). The van der Waals surface area contributed by atoms with Gasteiger partial charge in [-0.15, -0.1) is 0 Å². The number of para-hydroxylation sites is 1. The van der Waals surface area contributed by atoms with Gasteiger partial charge in [-0.05, 0) is 70.7 Å². The fraction of sp³-hybridized carbons (Fsp3) is 0.531. The minimum atomic E-state index is -0.917. The van der Waals surface area contributed by atoms with Crippen LogP contribution in [0, 0.1) is 20.8 Å². The molecule has 0 spiro atoms. The fourth-order valence-electron chi connectivity index (χ4n) is 4.59. The standard InChI is InChI=1S/C32H46ClN3O4/c1-8-9-10-11-12-13-19-36(27(37)21-34-31(39)40-32(5,6)7)29(25-18-17-22(2)20-24(25)4)30(38)35-28-23(3)15-14-16-26(28)33/h14-18,20,29H,8-13,19,21H2,1-7H3,(H,34,39)(H,35,38). The molecular weight excluding hydrogens is 526 g/mol. The summed E-state index contributed by atoms with van der Waals surface area (Å²) in [6.07, 6.45) is 5.52. The SMILES string of the molecule is CCCCCCCCN(C(=O)CNC(=O)OC(C)(C)C)C(C(=O)Nc1c(C)cccc1Cl)c1ccc(C)cc1C. The average Bonchev–Trinajstić information content (AvgIpc) is 2.86. The zero-order valence-electron chi connectivity index (χ0n) is 25.2. The second-order valence-electron chi connectivity index (χ2n) is 11.4. The number of carbonyl (C=O) groups is 3. The van der Waals surface area contributed by atoms with E-state index in [-0.39, 0.29) is 18.4 Å². The van der Waals surface area contributed by atoms with Crippen LogP contribution in [0.4, 0.5) is 10.5 Å². The van der Waals surface area contributed by atoms with E-state index in [1.165, 1.54) is 6.42 Å². The lowest BCUT2D eigenvalue weighted by molar-refractivity contribution is -0.138. The van der Waals surface area contributed by atoms with Crippen molar-refractivity contribution in [3.05, 3.63) is 63.7 Å². The molecule has 0 aliphatic rings. The van der Waals surface area contributed by atoms with Gasteiger partial charge in [0.15, 0.2) is 0 Å². The number of ether oxygens (including phenoxy) is 1. The second-order valence-corrected chi connectivity index (χ2v) is 11.8. The predicted molar refractivity (Wildman–Crippen MR) is 163 cm³/mol. The van der Waals surface area contributed by atoms with Crippen LogP contribution in [0.5, 0.6) is 0 Å². The quantitative estimate of drug-likeness (QED) is 0.242. The van der Waals surface area contributed by atoms with Gasteiger partial charge < -0.3 is 20.3 Å². The lowest BCUT2D eigenvalue weighted by Gasteiger charge is -2.33. The Labute approximate surface area is 245 Å². The highest BCUT2D eigenvalue weighted by molar-refractivity contribution is 6.34. The Morgan fingerprint density at radius 1 is 0.950 bits per heavy atom. The molecule has 0 saturated heterocycles. The van der Waals surface area contributed by atoms with Crippen molar-refractivity contribution in [2.45, 2.75) is 98.6 Å². The molecule has 2 aromatic carbocycles. The number of unbranched alkanes of at least 4 members (excludes halogenated alkanes) is 5. The number of hydrogen-bond donors (Lipinski definition) is 2. The van der Waals surface area contributed by atoms with Gasteiger partial charge in [-0.1, -0.05) is 86.5 Å². The molecule has 1 unspecified atom stereocenters. The average molecular weight is 572 g/mol. The molecule has 0 aliphatic heterocycles. The fourth-order valence-corrected chi connectivity index (χ4v) is 4.86. The summed E-state index contributed by atoms with van der Waals surface area (Å²) in [5, 5.41) is 5.99. The van der Waals surface area contributed by atoms with Crippen molar-refractivity contribution in [1.82, 2.24) is 10.2 Å². The number of nitrogens with one attached hydrogen (secondary N) is 2. The third-order valence-corrected chi connectivity index (χ3v) is 6.92. The molecule has 8 heteroatoms. The molecule has 40 heavy (non-hydrogen) atoms. The van der Waals surface area contributed by atoms with E-state index in [1.54, 1.807) is 31.7 Å². The molecule has 0 aromatic heterocycles. The van der Waals surface area contributed by atoms with Gasteiger partial charge in [-0.25, -0.2) is 4.79 Å². The number of amides is 3. The normalized spacial score (nSPS) is 12.0. The highest BCUT2D eigenvalue weighted by Gasteiger charge is 2.33. The number of carbonyl (C=O) groups excluding carboxylic acids is 3. The van der Waals surface area contributed by atoms with Gasteiger partial charge >= 0.3 is 6.09 Å². The first-order valence-electron chi connectivity index (χ1n) is 14.2. The monoisotopic (exact) mass is 571 g/mol. The van der Waals surface area contributed by atoms with Crippen molar-refractivity contribution < 1.29 is 19.1 Å². The van der Waals surface area contributed by atoms with E-state index in [0.717, 1.165) is 54.4 Å². The highest BCUT2D eigenvalue weighted by atomic mass is 35.5. The maximum atomic E-state index is 14.0. The van der Waals surface area contributed by atoms with Crippen LogP contribution in [-0.4, -0.2) is 41.5 Å². The number of hydrogen-bond acceptors (Lipinski definition) is 4. The van der Waals surface area contributed by atoms with Crippen LogP contribution < -0.4 is 10.6 Å². The van der Waals surface area contributed by atoms with Crippen LogP contribution in [0.3, 0.4) is 0 Å². The highest BCUT2D eigenvalue weighted by Crippen LogP contribution is 2.31. The number of halogens is 1. The van der Waals surface area contributed by atoms with E-state index in [4.69, 9.17) is 16.3 Å². The number of aryl methyl sites for hydroxylation is 3. The van der Waals surface area contributed by atoms with E-state index in [0.29, 0.717) is 17.3 Å². The van der Waals surface area contributed by atoms with Crippen LogP contribution >= 0.6 is 11.6 Å². The third kappa shape index (κ3) is 10.5. The van der Waals surface area contributed by atoms with Crippen LogP contribution in [-0.2, 0) is 14.3 Å². The number of benzene rings is 2. The molecule has 0 radical (unpaired) electrons. The maximum Gasteiger partial charge on any atom is 0.408 e. The van der Waals surface area contributed by atoms with Gasteiger partial charge in [0.25, 0.3) is 5.91 Å². The van der Waals surface area contributed by atoms with Crippen molar-refractivity contribution >= 4 is 35.2 Å². The molecule has 2 aromatic rings. The second kappa shape index (κ2) is 15.7. The summed E-state index contributed by atoms with van der Waals surface area (Å²) in [6, 6.07) is 10.3. The number of anilines is 1. The lowest BCUT2D eigenvalue weighted by atomic mass is 9.96. The Bertz CT molecular complexity index is 1140. The summed E-state index contributed by atoms with van der Waals surface area (Å²) >= 11 is 6.44. The summed E-state index contributed by atoms with van der Waals surface area (Å²) in [7, 11) is 0. The molecule has 0 saturated carbocycles. The molecule has 0 heterocycles. The zero-order valence-corrected chi connectivity index (χ0v) is 25.9. The van der Waals surface area contributed by atoms with Crippen molar-refractivity contribution in [3.8, 4) is 0 Å². The Kier molecular flexibility index (Phi) is 13.0. The summed E-state index contributed by atoms with van der Waals surface area (Å²) in [5.74, 6) is -0.727. The Morgan fingerprint density at radius 2 is 1.62 bits per heavy atom. The topological polar surface area (TPSA) is 87.7 Å². The summed E-state index contributed by atoms with van der Waals surface area (Å²) < 4.78 is 5.32. The van der Waals surface area contributed by atoms with Crippen LogP contribution in [0.25, 0.3) is 0 Å². The van der Waals surface area contributed by atoms with Crippen molar-refractivity contribution in [2.24, 2.45) is 0 Å². The van der Waals surface area contributed by atoms with Crippen molar-refractivity contribution in [3.63, 3.8) is 0 Å². The first-order chi connectivity index (χ1) is 18.8. The third-order valence-electron chi connectivity index (χ3n) is 6.61. The minimum absolute atomic E-state index is 0.287. The smallest absolute Gasteiger partial charge is 0.408 e. The first-order valence-corrected chi connectivity index (χ1v) is 14.6. The molecule has 0 aliphatic carbocycles. The van der Waals surface area contributed by atoms with Crippen LogP contribution in [0.15, 0.2) is 36.4 Å². The molecule has 2 N–H and O–H groups in total. The van der Waals surface area contributed by atoms with Gasteiger partial charge in [0.1, 0.15) is 18.2 Å². The number of alkyl carbamates (subject to hydrolysis) is 1. The predicted octanol–water partition coefficient (Wildman–Crippen LogP) is 7.66. The Balaban J connectivity index is 2.43. The molecule has 7 nitrogen and oxygen atoms in total. The Morgan fingerprint density at radius 3 is 2.25 bits per heavy atom.